The Morgan fingerprint density at radius 3 is 2.30 bits per heavy atom. The molecule has 0 unspecified atom stereocenters. The molecule has 0 heterocycles. The number of benzene rings is 1. The molecular weight excluding hydrogens is 264 g/mol. The van der Waals surface area contributed by atoms with E-state index in [0.717, 1.165) is 18.1 Å². The minimum Gasteiger partial charge on any atom is -0.363 e. The molecule has 0 bridgehead atoms. The van der Waals surface area contributed by atoms with Crippen molar-refractivity contribution in [3.05, 3.63) is 35.4 Å². The molecule has 3 heteroatoms. The van der Waals surface area contributed by atoms with Gasteiger partial charge < -0.3 is 10.6 Å². The quantitative estimate of drug-likeness (QED) is 0.624. The van der Waals surface area contributed by atoms with Crippen LogP contribution in [0.1, 0.15) is 64.6 Å². The van der Waals surface area contributed by atoms with Gasteiger partial charge in [0.15, 0.2) is 5.11 Å². The van der Waals surface area contributed by atoms with Gasteiger partial charge in [-0.25, -0.2) is 0 Å². The summed E-state index contributed by atoms with van der Waals surface area (Å²) in [6, 6.07) is 9.02. The summed E-state index contributed by atoms with van der Waals surface area (Å²) in [5, 5.41) is 7.32. The number of hydrogen-bond donors (Lipinski definition) is 2. The molecule has 0 aliphatic carbocycles. The SMILES string of the molecule is CCCCNC(=S)N[C@@H](C)c1ccc(C(C)(C)C)cc1. The monoisotopic (exact) mass is 292 g/mol. The van der Waals surface area contributed by atoms with Gasteiger partial charge in [0.25, 0.3) is 0 Å². The molecule has 0 aliphatic heterocycles. The van der Waals surface area contributed by atoms with E-state index in [1.165, 1.54) is 17.5 Å². The first-order chi connectivity index (χ1) is 9.34. The van der Waals surface area contributed by atoms with Crippen LogP contribution in [0, 0.1) is 0 Å². The fourth-order valence-electron chi connectivity index (χ4n) is 1.98. The predicted molar refractivity (Wildman–Crippen MR) is 92.2 cm³/mol. The number of thiocarbonyl (C=S) groups is 1. The van der Waals surface area contributed by atoms with E-state index in [-0.39, 0.29) is 11.5 Å². The normalized spacial score (nSPS) is 12.8. The number of unbranched alkanes of at least 4 members (excludes halogenated alkanes) is 1. The Morgan fingerprint density at radius 2 is 1.80 bits per heavy atom. The highest BCUT2D eigenvalue weighted by Gasteiger charge is 2.14. The molecule has 1 atom stereocenters. The van der Waals surface area contributed by atoms with E-state index < -0.39 is 0 Å². The van der Waals surface area contributed by atoms with Crippen molar-refractivity contribution < 1.29 is 0 Å². The fourth-order valence-corrected chi connectivity index (χ4v) is 2.26. The molecule has 1 aromatic rings. The van der Waals surface area contributed by atoms with E-state index in [2.05, 4.69) is 69.5 Å². The summed E-state index contributed by atoms with van der Waals surface area (Å²) < 4.78 is 0. The zero-order valence-corrected chi connectivity index (χ0v) is 14.2. The van der Waals surface area contributed by atoms with Crippen LogP contribution < -0.4 is 10.6 Å². The Hall–Kier alpha value is -1.09. The van der Waals surface area contributed by atoms with Crippen molar-refractivity contribution in [1.82, 2.24) is 10.6 Å². The third-order valence-electron chi connectivity index (χ3n) is 3.44. The first-order valence-corrected chi connectivity index (χ1v) is 7.90. The van der Waals surface area contributed by atoms with E-state index >= 15 is 0 Å². The lowest BCUT2D eigenvalue weighted by atomic mass is 9.86. The molecule has 1 rings (SSSR count). The molecule has 2 nitrogen and oxygen atoms in total. The van der Waals surface area contributed by atoms with Gasteiger partial charge >= 0.3 is 0 Å². The fraction of sp³-hybridized carbons (Fsp3) is 0.588. The third-order valence-corrected chi connectivity index (χ3v) is 3.70. The second kappa shape index (κ2) is 7.63. The van der Waals surface area contributed by atoms with Crippen LogP contribution in [-0.4, -0.2) is 11.7 Å². The van der Waals surface area contributed by atoms with Crippen molar-refractivity contribution in [2.45, 2.75) is 58.9 Å². The minimum absolute atomic E-state index is 0.201. The number of rotatable bonds is 5. The summed E-state index contributed by atoms with van der Waals surface area (Å²) in [5.74, 6) is 0. The zero-order valence-electron chi connectivity index (χ0n) is 13.4. The third kappa shape index (κ3) is 5.49. The van der Waals surface area contributed by atoms with Crippen LogP contribution in [0.15, 0.2) is 24.3 Å². The maximum absolute atomic E-state index is 5.31. The average Bonchev–Trinajstić information content (AvgIpc) is 2.38. The first-order valence-electron chi connectivity index (χ1n) is 7.49. The molecule has 0 fully saturated rings. The van der Waals surface area contributed by atoms with Gasteiger partial charge in [0, 0.05) is 6.54 Å². The van der Waals surface area contributed by atoms with E-state index in [4.69, 9.17) is 12.2 Å². The number of hydrogen-bond acceptors (Lipinski definition) is 1. The smallest absolute Gasteiger partial charge is 0.166 e. The van der Waals surface area contributed by atoms with Crippen molar-refractivity contribution in [3.63, 3.8) is 0 Å². The van der Waals surface area contributed by atoms with Crippen molar-refractivity contribution in [2.75, 3.05) is 6.54 Å². The molecule has 2 N–H and O–H groups in total. The van der Waals surface area contributed by atoms with Gasteiger partial charge in [-0.2, -0.15) is 0 Å². The molecule has 0 spiro atoms. The van der Waals surface area contributed by atoms with E-state index in [0.29, 0.717) is 0 Å². The lowest BCUT2D eigenvalue weighted by Gasteiger charge is -2.21. The molecule has 1 aromatic carbocycles. The summed E-state index contributed by atoms with van der Waals surface area (Å²) in [7, 11) is 0. The minimum atomic E-state index is 0.201. The first kappa shape index (κ1) is 17.0. The summed E-state index contributed by atoms with van der Waals surface area (Å²) in [6.07, 6.45) is 2.33. The number of nitrogens with one attached hydrogen (secondary N) is 2. The van der Waals surface area contributed by atoms with E-state index in [1.807, 2.05) is 0 Å². The van der Waals surface area contributed by atoms with Gasteiger partial charge in [-0.15, -0.1) is 0 Å². The summed E-state index contributed by atoms with van der Waals surface area (Å²) in [5.41, 5.74) is 2.82. The maximum atomic E-state index is 5.31. The van der Waals surface area contributed by atoms with Gasteiger partial charge in [-0.3, -0.25) is 0 Å². The topological polar surface area (TPSA) is 24.1 Å². The van der Waals surface area contributed by atoms with Gasteiger partial charge in [0.2, 0.25) is 0 Å². The highest BCUT2D eigenvalue weighted by molar-refractivity contribution is 7.80. The van der Waals surface area contributed by atoms with Crippen molar-refractivity contribution in [1.29, 1.82) is 0 Å². The second-order valence-electron chi connectivity index (χ2n) is 6.35. The van der Waals surface area contributed by atoms with Crippen LogP contribution in [0.4, 0.5) is 0 Å². The van der Waals surface area contributed by atoms with Gasteiger partial charge in [-0.05, 0) is 42.1 Å². The zero-order chi connectivity index (χ0) is 15.2. The summed E-state index contributed by atoms with van der Waals surface area (Å²) in [6.45, 7) is 12.0. The lowest BCUT2D eigenvalue weighted by Crippen LogP contribution is -2.37. The van der Waals surface area contributed by atoms with Crippen LogP contribution >= 0.6 is 12.2 Å². The van der Waals surface area contributed by atoms with Crippen molar-refractivity contribution in [2.24, 2.45) is 0 Å². The molecule has 0 amide bonds. The molecule has 0 aromatic heterocycles. The van der Waals surface area contributed by atoms with Crippen molar-refractivity contribution >= 4 is 17.3 Å². The van der Waals surface area contributed by atoms with Crippen molar-refractivity contribution in [3.8, 4) is 0 Å². The molecule has 0 saturated carbocycles. The molecule has 112 valence electrons. The molecular formula is C17H28N2S. The maximum Gasteiger partial charge on any atom is 0.166 e. The highest BCUT2D eigenvalue weighted by atomic mass is 32.1. The Balaban J connectivity index is 2.55. The van der Waals surface area contributed by atoms with Crippen LogP contribution in [-0.2, 0) is 5.41 Å². The standard InChI is InChI=1S/C17H28N2S/c1-6-7-12-18-16(20)19-13(2)14-8-10-15(11-9-14)17(3,4)5/h8-11,13H,6-7,12H2,1-5H3,(H2,18,19,20)/t13-/m0/s1. The Morgan fingerprint density at radius 1 is 1.20 bits per heavy atom. The Labute approximate surface area is 129 Å². The summed E-state index contributed by atoms with van der Waals surface area (Å²) >= 11 is 5.31. The average molecular weight is 292 g/mol. The predicted octanol–water partition coefficient (Wildman–Crippen LogP) is 4.31. The molecule has 0 saturated heterocycles. The van der Waals surface area contributed by atoms with E-state index in [9.17, 15) is 0 Å². The summed E-state index contributed by atoms with van der Waals surface area (Å²) in [4.78, 5) is 0. The van der Waals surface area contributed by atoms with Crippen LogP contribution in [0.2, 0.25) is 0 Å². The largest absolute Gasteiger partial charge is 0.363 e. The van der Waals surface area contributed by atoms with Gasteiger partial charge in [-0.1, -0.05) is 58.4 Å². The lowest BCUT2D eigenvalue weighted by molar-refractivity contribution is 0.589. The molecule has 0 radical (unpaired) electrons. The van der Waals surface area contributed by atoms with Crippen LogP contribution in [0.5, 0.6) is 0 Å². The molecule has 20 heavy (non-hydrogen) atoms. The second-order valence-corrected chi connectivity index (χ2v) is 6.76. The molecule has 0 aliphatic rings. The van der Waals surface area contributed by atoms with E-state index in [1.54, 1.807) is 0 Å². The highest BCUT2D eigenvalue weighted by Crippen LogP contribution is 2.23. The van der Waals surface area contributed by atoms with Crippen LogP contribution in [0.25, 0.3) is 0 Å². The Bertz CT molecular complexity index is 418. The van der Waals surface area contributed by atoms with Gasteiger partial charge in [0.1, 0.15) is 0 Å². The Kier molecular flexibility index (Phi) is 6.47. The van der Waals surface area contributed by atoms with Gasteiger partial charge in [0.05, 0.1) is 6.04 Å². The van der Waals surface area contributed by atoms with Crippen LogP contribution in [0.3, 0.4) is 0 Å².